The van der Waals surface area contributed by atoms with Crippen LogP contribution >= 0.6 is 0 Å². The molecule has 0 spiro atoms. The van der Waals surface area contributed by atoms with Crippen LogP contribution in [0.2, 0.25) is 0 Å². The lowest BCUT2D eigenvalue weighted by Gasteiger charge is -2.22. The average Bonchev–Trinajstić information content (AvgIpc) is 2.98. The van der Waals surface area contributed by atoms with Crippen LogP contribution in [0, 0.1) is 0 Å². The van der Waals surface area contributed by atoms with Crippen molar-refractivity contribution in [2.75, 3.05) is 39.5 Å². The smallest absolute Gasteiger partial charge is 0.119 e. The molecule has 2 aliphatic heterocycles. The Morgan fingerprint density at radius 1 is 1.14 bits per heavy atom. The van der Waals surface area contributed by atoms with Crippen LogP contribution in [0.3, 0.4) is 0 Å². The quantitative estimate of drug-likeness (QED) is 0.820. The lowest BCUT2D eigenvalue weighted by atomic mass is 9.92. The number of aliphatic hydroxyl groups excluding tert-OH is 1. The lowest BCUT2D eigenvalue weighted by Crippen LogP contribution is -2.24. The third-order valence-corrected chi connectivity index (χ3v) is 4.71. The van der Waals surface area contributed by atoms with E-state index >= 15 is 0 Å². The number of β-amino-alcohol motifs (C(OH)–C–C–N with tert-alkyl or cyclic N) is 1. The molecular weight excluding hydrogens is 278 g/mol. The van der Waals surface area contributed by atoms with Crippen LogP contribution in [0.25, 0.3) is 0 Å². The van der Waals surface area contributed by atoms with E-state index in [1.165, 1.54) is 5.56 Å². The Kier molecular flexibility index (Phi) is 5.70. The number of aliphatic hydroxyl groups is 1. The number of ether oxygens (including phenoxy) is 2. The molecule has 122 valence electrons. The fourth-order valence-electron chi connectivity index (χ4n) is 3.36. The van der Waals surface area contributed by atoms with Gasteiger partial charge in [0.1, 0.15) is 5.75 Å². The molecule has 2 heterocycles. The van der Waals surface area contributed by atoms with Gasteiger partial charge in [0.2, 0.25) is 0 Å². The summed E-state index contributed by atoms with van der Waals surface area (Å²) in [5.74, 6) is 1.60. The standard InChI is InChI=1S/C18H27NO3/c20-17-6-10-19(14-17)9-1-11-22-18-4-2-15(3-5-18)16-7-12-21-13-8-16/h2-5,16-17,20H,1,6-14H2/t17-/m1/s1. The van der Waals surface area contributed by atoms with E-state index in [0.717, 1.165) is 70.9 Å². The topological polar surface area (TPSA) is 41.9 Å². The number of benzene rings is 1. The van der Waals surface area contributed by atoms with Crippen molar-refractivity contribution in [1.82, 2.24) is 4.90 Å². The van der Waals surface area contributed by atoms with E-state index in [0.29, 0.717) is 5.92 Å². The van der Waals surface area contributed by atoms with Gasteiger partial charge in [-0.25, -0.2) is 0 Å². The predicted molar refractivity (Wildman–Crippen MR) is 86.4 cm³/mol. The first-order valence-corrected chi connectivity index (χ1v) is 8.52. The van der Waals surface area contributed by atoms with Crippen molar-refractivity contribution in [2.45, 2.75) is 37.7 Å². The second kappa shape index (κ2) is 7.95. The Morgan fingerprint density at radius 3 is 2.59 bits per heavy atom. The van der Waals surface area contributed by atoms with Crippen molar-refractivity contribution in [3.8, 4) is 5.75 Å². The van der Waals surface area contributed by atoms with Crippen LogP contribution in [0.4, 0.5) is 0 Å². The van der Waals surface area contributed by atoms with Crippen LogP contribution < -0.4 is 4.74 Å². The third kappa shape index (κ3) is 4.45. The highest BCUT2D eigenvalue weighted by Gasteiger charge is 2.19. The van der Waals surface area contributed by atoms with Crippen LogP contribution in [0.5, 0.6) is 5.75 Å². The van der Waals surface area contributed by atoms with Crippen molar-refractivity contribution in [3.05, 3.63) is 29.8 Å². The molecule has 1 N–H and O–H groups in total. The minimum Gasteiger partial charge on any atom is -0.494 e. The molecule has 4 heteroatoms. The van der Waals surface area contributed by atoms with Gasteiger partial charge in [0.15, 0.2) is 0 Å². The molecule has 0 amide bonds. The molecule has 22 heavy (non-hydrogen) atoms. The molecule has 1 aromatic rings. The third-order valence-electron chi connectivity index (χ3n) is 4.71. The van der Waals surface area contributed by atoms with Gasteiger partial charge in [-0.3, -0.25) is 0 Å². The maximum atomic E-state index is 9.49. The van der Waals surface area contributed by atoms with Crippen molar-refractivity contribution in [2.24, 2.45) is 0 Å². The number of likely N-dealkylation sites (tertiary alicyclic amines) is 1. The summed E-state index contributed by atoms with van der Waals surface area (Å²) in [6.45, 7) is 5.35. The Balaban J connectivity index is 1.37. The molecule has 0 saturated carbocycles. The number of rotatable bonds is 6. The molecule has 3 rings (SSSR count). The fraction of sp³-hybridized carbons (Fsp3) is 0.667. The van der Waals surface area contributed by atoms with Crippen molar-refractivity contribution in [1.29, 1.82) is 0 Å². The molecular formula is C18H27NO3. The molecule has 2 fully saturated rings. The normalized spacial score (nSPS) is 23.8. The van der Waals surface area contributed by atoms with Crippen LogP contribution in [-0.4, -0.2) is 55.6 Å². The highest BCUT2D eigenvalue weighted by molar-refractivity contribution is 5.29. The van der Waals surface area contributed by atoms with Crippen molar-refractivity contribution >= 4 is 0 Å². The zero-order valence-corrected chi connectivity index (χ0v) is 13.2. The first-order valence-electron chi connectivity index (χ1n) is 8.52. The van der Waals surface area contributed by atoms with Gasteiger partial charge in [0.25, 0.3) is 0 Å². The van der Waals surface area contributed by atoms with E-state index in [1.807, 2.05) is 0 Å². The van der Waals surface area contributed by atoms with Gasteiger partial charge in [-0.05, 0) is 49.3 Å². The summed E-state index contributed by atoms with van der Waals surface area (Å²) in [5.41, 5.74) is 1.40. The number of nitrogens with zero attached hydrogens (tertiary/aromatic N) is 1. The van der Waals surface area contributed by atoms with E-state index in [9.17, 15) is 5.11 Å². The molecule has 0 radical (unpaired) electrons. The molecule has 0 aliphatic carbocycles. The van der Waals surface area contributed by atoms with Gasteiger partial charge < -0.3 is 19.5 Å². The monoisotopic (exact) mass is 305 g/mol. The Morgan fingerprint density at radius 2 is 1.91 bits per heavy atom. The molecule has 0 bridgehead atoms. The Labute approximate surface area is 133 Å². The lowest BCUT2D eigenvalue weighted by molar-refractivity contribution is 0.0853. The summed E-state index contributed by atoms with van der Waals surface area (Å²) in [5, 5.41) is 9.49. The summed E-state index contributed by atoms with van der Waals surface area (Å²) < 4.78 is 11.2. The van der Waals surface area contributed by atoms with Gasteiger partial charge in [-0.1, -0.05) is 12.1 Å². The Bertz CT molecular complexity index is 442. The summed E-state index contributed by atoms with van der Waals surface area (Å²) in [7, 11) is 0. The Hall–Kier alpha value is -1.10. The minimum absolute atomic E-state index is 0.126. The van der Waals surface area contributed by atoms with Gasteiger partial charge in [-0.2, -0.15) is 0 Å². The highest BCUT2D eigenvalue weighted by atomic mass is 16.5. The van der Waals surface area contributed by atoms with Gasteiger partial charge >= 0.3 is 0 Å². The largest absolute Gasteiger partial charge is 0.494 e. The maximum Gasteiger partial charge on any atom is 0.119 e. The van der Waals surface area contributed by atoms with Gasteiger partial charge in [0, 0.05) is 32.8 Å². The molecule has 2 saturated heterocycles. The van der Waals surface area contributed by atoms with E-state index < -0.39 is 0 Å². The average molecular weight is 305 g/mol. The molecule has 4 nitrogen and oxygen atoms in total. The van der Waals surface area contributed by atoms with Crippen molar-refractivity contribution < 1.29 is 14.6 Å². The van der Waals surface area contributed by atoms with E-state index in [2.05, 4.69) is 29.2 Å². The van der Waals surface area contributed by atoms with Gasteiger partial charge in [-0.15, -0.1) is 0 Å². The second-order valence-corrected chi connectivity index (χ2v) is 6.40. The molecule has 0 unspecified atom stereocenters. The summed E-state index contributed by atoms with van der Waals surface area (Å²) >= 11 is 0. The van der Waals surface area contributed by atoms with E-state index in [-0.39, 0.29) is 6.10 Å². The second-order valence-electron chi connectivity index (χ2n) is 6.40. The van der Waals surface area contributed by atoms with Crippen LogP contribution in [0.15, 0.2) is 24.3 Å². The number of hydrogen-bond acceptors (Lipinski definition) is 4. The summed E-state index contributed by atoms with van der Waals surface area (Å²) in [6, 6.07) is 8.57. The van der Waals surface area contributed by atoms with Crippen LogP contribution in [-0.2, 0) is 4.74 Å². The number of hydrogen-bond donors (Lipinski definition) is 1. The fourth-order valence-corrected chi connectivity index (χ4v) is 3.36. The highest BCUT2D eigenvalue weighted by Crippen LogP contribution is 2.28. The summed E-state index contributed by atoms with van der Waals surface area (Å²) in [6.07, 6.45) is 4.05. The van der Waals surface area contributed by atoms with Gasteiger partial charge in [0.05, 0.1) is 12.7 Å². The zero-order valence-electron chi connectivity index (χ0n) is 13.2. The zero-order chi connectivity index (χ0) is 15.2. The molecule has 2 aliphatic rings. The maximum absolute atomic E-state index is 9.49. The SMILES string of the molecule is O[C@@H]1CCN(CCCOc2ccc(C3CCOCC3)cc2)C1. The molecule has 1 atom stereocenters. The first kappa shape index (κ1) is 15.8. The molecule has 1 aromatic carbocycles. The van der Waals surface area contributed by atoms with Crippen LogP contribution in [0.1, 0.15) is 37.2 Å². The predicted octanol–water partition coefficient (Wildman–Crippen LogP) is 2.42. The summed E-state index contributed by atoms with van der Waals surface area (Å²) in [4.78, 5) is 2.31. The minimum atomic E-state index is -0.126. The van der Waals surface area contributed by atoms with E-state index in [1.54, 1.807) is 0 Å². The molecule has 0 aromatic heterocycles. The van der Waals surface area contributed by atoms with Crippen molar-refractivity contribution in [3.63, 3.8) is 0 Å². The van der Waals surface area contributed by atoms with E-state index in [4.69, 9.17) is 9.47 Å². The first-order chi connectivity index (χ1) is 10.8.